The van der Waals surface area contributed by atoms with E-state index in [9.17, 15) is 0 Å². The van der Waals surface area contributed by atoms with E-state index in [2.05, 4.69) is 353 Å². The van der Waals surface area contributed by atoms with Gasteiger partial charge in [-0.15, -0.1) is 0 Å². The second-order valence-corrected chi connectivity index (χ2v) is 22.0. The van der Waals surface area contributed by atoms with Crippen LogP contribution in [-0.4, -0.2) is 6.71 Å². The quantitative estimate of drug-likeness (QED) is 0.0945. The smallest absolute Gasteiger partial charge is 0.252 e. The van der Waals surface area contributed by atoms with Gasteiger partial charge in [-0.1, -0.05) is 218 Å². The van der Waals surface area contributed by atoms with Crippen molar-refractivity contribution in [1.82, 2.24) is 0 Å². The molecule has 4 nitrogen and oxygen atoms in total. The average molecular weight is 1080 g/mol. The van der Waals surface area contributed by atoms with Crippen molar-refractivity contribution < 1.29 is 0 Å². The van der Waals surface area contributed by atoms with Crippen LogP contribution in [0, 0.1) is 0 Å². The van der Waals surface area contributed by atoms with Crippen LogP contribution in [0.1, 0.15) is 0 Å². The molecule has 0 spiro atoms. The van der Waals surface area contributed by atoms with Crippen LogP contribution >= 0.6 is 0 Å². The maximum absolute atomic E-state index is 2.54. The van der Waals surface area contributed by atoms with Crippen molar-refractivity contribution >= 4 is 113 Å². The van der Waals surface area contributed by atoms with Gasteiger partial charge in [0, 0.05) is 68.2 Å². The first-order valence-electron chi connectivity index (χ1n) is 29.3. The lowest BCUT2D eigenvalue weighted by Gasteiger charge is -2.45. The van der Waals surface area contributed by atoms with Gasteiger partial charge in [-0.25, -0.2) is 0 Å². The Hall–Kier alpha value is -11.1. The third kappa shape index (κ3) is 8.55. The summed E-state index contributed by atoms with van der Waals surface area (Å²) < 4.78 is 0. The fourth-order valence-corrected chi connectivity index (χ4v) is 13.5. The number of para-hydroxylation sites is 6. The zero-order valence-corrected chi connectivity index (χ0v) is 46.6. The van der Waals surface area contributed by atoms with E-state index in [0.717, 1.165) is 79.4 Å². The molecule has 2 aliphatic heterocycles. The first-order valence-corrected chi connectivity index (χ1v) is 29.3. The predicted molar refractivity (Wildman–Crippen MR) is 361 cm³/mol. The van der Waals surface area contributed by atoms with Crippen molar-refractivity contribution in [3.05, 3.63) is 334 Å². The molecule has 0 saturated carbocycles. The van der Waals surface area contributed by atoms with Crippen LogP contribution in [-0.2, 0) is 0 Å². The Morgan fingerprint density at radius 3 is 0.953 bits per heavy atom. The number of fused-ring (bicyclic) bond motifs is 6. The van der Waals surface area contributed by atoms with Crippen LogP contribution in [0.25, 0.3) is 54.9 Å². The van der Waals surface area contributed by atoms with E-state index in [1.54, 1.807) is 0 Å². The number of nitrogens with zero attached hydrogens (tertiary/aromatic N) is 4. The molecule has 0 N–H and O–H groups in total. The Morgan fingerprint density at radius 2 is 0.553 bits per heavy atom. The van der Waals surface area contributed by atoms with Gasteiger partial charge in [0.1, 0.15) is 0 Å². The second-order valence-electron chi connectivity index (χ2n) is 22.0. The molecule has 85 heavy (non-hydrogen) atoms. The highest BCUT2D eigenvalue weighted by atomic mass is 15.2. The average Bonchev–Trinajstić information content (AvgIpc) is 0.845. The Morgan fingerprint density at radius 1 is 0.224 bits per heavy atom. The molecular formula is C80H55BN4. The largest absolute Gasteiger partial charge is 0.311 e. The molecule has 0 bridgehead atoms. The van der Waals surface area contributed by atoms with E-state index >= 15 is 0 Å². The SMILES string of the molecule is c1ccc(-c2c3ccccc3c(-c3cccc(-c4cc5c6c(c4)N(c4ccccc4)c4cc(N(c7ccccc7)c7ccccc7)ccc4B6c4ccc(N(c6ccccc6)c6ccccc6)cc4N5c4ccccc4)c3)c3ccccc23)cc1. The summed E-state index contributed by atoms with van der Waals surface area (Å²) in [5.74, 6) is 0. The monoisotopic (exact) mass is 1080 g/mol. The maximum Gasteiger partial charge on any atom is 0.252 e. The van der Waals surface area contributed by atoms with Crippen molar-refractivity contribution in [3.63, 3.8) is 0 Å². The van der Waals surface area contributed by atoms with Gasteiger partial charge >= 0.3 is 0 Å². The van der Waals surface area contributed by atoms with Crippen molar-refractivity contribution in [1.29, 1.82) is 0 Å². The minimum absolute atomic E-state index is 0.136. The molecule has 0 aromatic heterocycles. The highest BCUT2D eigenvalue weighted by Crippen LogP contribution is 2.50. The number of rotatable bonds is 11. The van der Waals surface area contributed by atoms with E-state index < -0.39 is 0 Å². The van der Waals surface area contributed by atoms with Crippen LogP contribution in [0.3, 0.4) is 0 Å². The molecule has 16 rings (SSSR count). The van der Waals surface area contributed by atoms with Crippen LogP contribution < -0.4 is 36.0 Å². The zero-order chi connectivity index (χ0) is 56.2. The fraction of sp³-hybridized carbons (Fsp3) is 0. The van der Waals surface area contributed by atoms with Crippen molar-refractivity contribution in [2.75, 3.05) is 19.6 Å². The summed E-state index contributed by atoms with van der Waals surface area (Å²) in [4.78, 5) is 9.83. The summed E-state index contributed by atoms with van der Waals surface area (Å²) in [6.07, 6.45) is 0. The molecule has 2 aliphatic rings. The Kier molecular flexibility index (Phi) is 12.3. The first kappa shape index (κ1) is 49.7. The molecule has 14 aromatic carbocycles. The number of benzene rings is 14. The first-order chi connectivity index (χ1) is 42.2. The fourth-order valence-electron chi connectivity index (χ4n) is 13.5. The molecule has 2 heterocycles. The maximum atomic E-state index is 2.54. The van der Waals surface area contributed by atoms with E-state index in [4.69, 9.17) is 0 Å². The summed E-state index contributed by atoms with van der Waals surface area (Å²) in [5, 5.41) is 4.93. The molecule has 0 radical (unpaired) electrons. The predicted octanol–water partition coefficient (Wildman–Crippen LogP) is 20.0. The van der Waals surface area contributed by atoms with Gasteiger partial charge in [0.05, 0.1) is 0 Å². The topological polar surface area (TPSA) is 13.0 Å². The summed E-state index contributed by atoms with van der Waals surface area (Å²) in [7, 11) is 0. The third-order valence-corrected chi connectivity index (χ3v) is 17.1. The molecule has 0 unspecified atom stereocenters. The molecule has 0 amide bonds. The molecule has 0 aliphatic carbocycles. The summed E-state index contributed by atoms with van der Waals surface area (Å²) >= 11 is 0. The van der Waals surface area contributed by atoms with Gasteiger partial charge in [0.2, 0.25) is 0 Å². The summed E-state index contributed by atoms with van der Waals surface area (Å²) in [5.41, 5.74) is 24.1. The zero-order valence-electron chi connectivity index (χ0n) is 46.6. The Balaban J connectivity index is 0.975. The van der Waals surface area contributed by atoms with E-state index in [0.29, 0.717) is 0 Å². The minimum atomic E-state index is -0.136. The Labute approximate surface area is 496 Å². The molecule has 5 heteroatoms. The molecule has 0 saturated heterocycles. The van der Waals surface area contributed by atoms with Gasteiger partial charge in [-0.3, -0.25) is 0 Å². The molecule has 0 fully saturated rings. The van der Waals surface area contributed by atoms with E-state index in [-0.39, 0.29) is 6.71 Å². The lowest BCUT2D eigenvalue weighted by molar-refractivity contribution is 1.23. The molecular weight excluding hydrogens is 1030 g/mol. The minimum Gasteiger partial charge on any atom is -0.311 e. The summed E-state index contributed by atoms with van der Waals surface area (Å²) in [6.45, 7) is -0.136. The Bertz CT molecular complexity index is 4440. The highest BCUT2D eigenvalue weighted by molar-refractivity contribution is 7.00. The normalized spacial score (nSPS) is 12.2. The van der Waals surface area contributed by atoms with Gasteiger partial charge in [-0.05, 0) is 187 Å². The van der Waals surface area contributed by atoms with Crippen molar-refractivity contribution in [3.8, 4) is 33.4 Å². The van der Waals surface area contributed by atoms with Gasteiger partial charge < -0.3 is 19.6 Å². The lowest BCUT2D eigenvalue weighted by Crippen LogP contribution is -2.61. The second kappa shape index (κ2) is 21.0. The van der Waals surface area contributed by atoms with Crippen LogP contribution in [0.15, 0.2) is 334 Å². The molecule has 14 aromatic rings. The highest BCUT2D eigenvalue weighted by Gasteiger charge is 2.44. The van der Waals surface area contributed by atoms with Crippen molar-refractivity contribution in [2.24, 2.45) is 0 Å². The number of hydrogen-bond acceptors (Lipinski definition) is 4. The number of anilines is 12. The van der Waals surface area contributed by atoms with Crippen molar-refractivity contribution in [2.45, 2.75) is 0 Å². The standard InChI is InChI=1S/C80H55BN4/c1-8-27-56(28-9-1)78-68-43-22-24-45-70(68)79(71-46-25-23-44-69(71)78)58-30-26-29-57(51-58)59-52-76-80-77(53-59)85(65-41-20-7-21-42-65)75-55-67(83(62-35-14-4-15-36-62)63-37-16-5-17-38-63)48-50-73(75)81(80)72-49-47-66(54-74(72)84(76)64-39-18-6-19-40-64)82(60-31-10-2-11-32-60)61-33-12-3-13-34-61/h1-55H. The number of hydrogen-bond donors (Lipinski definition) is 0. The van der Waals surface area contributed by atoms with Gasteiger partial charge in [0.15, 0.2) is 0 Å². The van der Waals surface area contributed by atoms with Gasteiger partial charge in [0.25, 0.3) is 6.71 Å². The lowest BCUT2D eigenvalue weighted by atomic mass is 9.33. The van der Waals surface area contributed by atoms with E-state index in [1.165, 1.54) is 60.2 Å². The van der Waals surface area contributed by atoms with Gasteiger partial charge in [-0.2, -0.15) is 0 Å². The third-order valence-electron chi connectivity index (χ3n) is 17.1. The van der Waals surface area contributed by atoms with Crippen LogP contribution in [0.4, 0.5) is 68.2 Å². The molecule has 0 atom stereocenters. The molecule has 398 valence electrons. The van der Waals surface area contributed by atoms with Crippen LogP contribution in [0.2, 0.25) is 0 Å². The summed E-state index contributed by atoms with van der Waals surface area (Å²) in [6, 6.07) is 122. The van der Waals surface area contributed by atoms with Crippen LogP contribution in [0.5, 0.6) is 0 Å². The van der Waals surface area contributed by atoms with E-state index in [1.807, 2.05) is 0 Å².